The molecule has 0 atom stereocenters. The molecule has 0 aromatic carbocycles. The first-order chi connectivity index (χ1) is 8.65. The number of thiazole rings is 1. The first-order valence-corrected chi connectivity index (χ1v) is 7.11. The third-order valence-corrected chi connectivity index (χ3v) is 3.80. The van der Waals surface area contributed by atoms with E-state index in [-0.39, 0.29) is 5.91 Å². The van der Waals surface area contributed by atoms with E-state index in [2.05, 4.69) is 15.7 Å². The summed E-state index contributed by atoms with van der Waals surface area (Å²) in [5.41, 5.74) is 1.05. The van der Waals surface area contributed by atoms with Gasteiger partial charge in [-0.25, -0.2) is 4.98 Å². The van der Waals surface area contributed by atoms with E-state index >= 15 is 0 Å². The molecule has 1 fully saturated rings. The van der Waals surface area contributed by atoms with Crippen molar-refractivity contribution in [1.82, 2.24) is 20.1 Å². The fraction of sp³-hybridized carbons (Fsp3) is 0.667. The summed E-state index contributed by atoms with van der Waals surface area (Å²) < 4.78 is 0. The smallest absolute Gasteiger partial charge is 0.236 e. The highest BCUT2D eigenvalue weighted by Gasteiger charge is 2.17. The van der Waals surface area contributed by atoms with Crippen LogP contribution in [0.5, 0.6) is 0 Å². The Bertz CT molecular complexity index is 401. The highest BCUT2D eigenvalue weighted by Crippen LogP contribution is 2.09. The summed E-state index contributed by atoms with van der Waals surface area (Å²) >= 11 is 1.65. The Labute approximate surface area is 112 Å². The van der Waals surface area contributed by atoms with Gasteiger partial charge in [0.15, 0.2) is 0 Å². The van der Waals surface area contributed by atoms with Crippen molar-refractivity contribution in [3.63, 3.8) is 0 Å². The maximum Gasteiger partial charge on any atom is 0.236 e. The number of likely N-dealkylation sites (N-methyl/N-ethyl adjacent to an activating group) is 1. The summed E-state index contributed by atoms with van der Waals surface area (Å²) in [6, 6.07) is 0. The van der Waals surface area contributed by atoms with E-state index in [4.69, 9.17) is 0 Å². The SMILES string of the molecule is Cc1nc(CN(C)CC(=O)N2CCNCC2)cs1. The topological polar surface area (TPSA) is 48.5 Å². The van der Waals surface area contributed by atoms with Crippen molar-refractivity contribution in [3.8, 4) is 0 Å². The van der Waals surface area contributed by atoms with Gasteiger partial charge in [-0.15, -0.1) is 11.3 Å². The summed E-state index contributed by atoms with van der Waals surface area (Å²) in [5, 5.41) is 6.38. The van der Waals surface area contributed by atoms with Crippen LogP contribution in [0.3, 0.4) is 0 Å². The summed E-state index contributed by atoms with van der Waals surface area (Å²) in [5.74, 6) is 0.214. The van der Waals surface area contributed by atoms with E-state index in [1.54, 1.807) is 11.3 Å². The highest BCUT2D eigenvalue weighted by molar-refractivity contribution is 7.09. The second kappa shape index (κ2) is 6.26. The van der Waals surface area contributed by atoms with Crippen molar-refractivity contribution >= 4 is 17.2 Å². The molecule has 1 aromatic rings. The van der Waals surface area contributed by atoms with Gasteiger partial charge in [0.1, 0.15) is 0 Å². The molecule has 0 saturated carbocycles. The number of amides is 1. The number of carbonyl (C=O) groups excluding carboxylic acids is 1. The molecule has 18 heavy (non-hydrogen) atoms. The molecule has 0 spiro atoms. The Hall–Kier alpha value is -0.980. The molecule has 1 aromatic heterocycles. The minimum Gasteiger partial charge on any atom is -0.339 e. The van der Waals surface area contributed by atoms with Crippen molar-refractivity contribution in [2.75, 3.05) is 39.8 Å². The van der Waals surface area contributed by atoms with Crippen LogP contribution in [-0.4, -0.2) is 60.5 Å². The van der Waals surface area contributed by atoms with E-state index in [1.807, 2.05) is 23.8 Å². The van der Waals surface area contributed by atoms with Crippen LogP contribution in [0.4, 0.5) is 0 Å². The lowest BCUT2D eigenvalue weighted by Crippen LogP contribution is -2.49. The van der Waals surface area contributed by atoms with Crippen LogP contribution in [0.25, 0.3) is 0 Å². The van der Waals surface area contributed by atoms with Gasteiger partial charge < -0.3 is 10.2 Å². The normalized spacial score (nSPS) is 16.3. The predicted molar refractivity (Wildman–Crippen MR) is 72.6 cm³/mol. The number of rotatable bonds is 4. The van der Waals surface area contributed by atoms with Crippen LogP contribution in [0, 0.1) is 6.92 Å². The minimum absolute atomic E-state index is 0.214. The second-order valence-electron chi connectivity index (χ2n) is 4.66. The lowest BCUT2D eigenvalue weighted by atomic mass is 10.3. The molecule has 1 aliphatic heterocycles. The van der Waals surface area contributed by atoms with E-state index in [1.165, 1.54) is 0 Å². The Morgan fingerprint density at radius 1 is 1.56 bits per heavy atom. The van der Waals surface area contributed by atoms with Crippen molar-refractivity contribution in [1.29, 1.82) is 0 Å². The largest absolute Gasteiger partial charge is 0.339 e. The van der Waals surface area contributed by atoms with Crippen LogP contribution in [0.15, 0.2) is 5.38 Å². The van der Waals surface area contributed by atoms with Gasteiger partial charge in [0.2, 0.25) is 5.91 Å². The molecule has 2 heterocycles. The van der Waals surface area contributed by atoms with Crippen LogP contribution < -0.4 is 5.32 Å². The molecule has 1 aliphatic rings. The van der Waals surface area contributed by atoms with Crippen LogP contribution in [0.2, 0.25) is 0 Å². The molecule has 100 valence electrons. The highest BCUT2D eigenvalue weighted by atomic mass is 32.1. The standard InChI is InChI=1S/C12H20N4OS/c1-10-14-11(9-18-10)7-15(2)8-12(17)16-5-3-13-4-6-16/h9,13H,3-8H2,1-2H3. The zero-order chi connectivity index (χ0) is 13.0. The van der Waals surface area contributed by atoms with Gasteiger partial charge in [0.25, 0.3) is 0 Å². The fourth-order valence-electron chi connectivity index (χ4n) is 2.06. The summed E-state index contributed by atoms with van der Waals surface area (Å²) in [7, 11) is 1.97. The molecule has 0 aliphatic carbocycles. The number of aryl methyl sites for hydroxylation is 1. The summed E-state index contributed by atoms with van der Waals surface area (Å²) in [6.07, 6.45) is 0. The van der Waals surface area contributed by atoms with Gasteiger partial charge >= 0.3 is 0 Å². The monoisotopic (exact) mass is 268 g/mol. The predicted octanol–water partition coefficient (Wildman–Crippen LogP) is 0.315. The zero-order valence-corrected chi connectivity index (χ0v) is 11.8. The maximum absolute atomic E-state index is 12.0. The van der Waals surface area contributed by atoms with Gasteiger partial charge in [0.05, 0.1) is 17.2 Å². The molecule has 1 saturated heterocycles. The van der Waals surface area contributed by atoms with Crippen LogP contribution >= 0.6 is 11.3 Å². The number of piperazine rings is 1. The van der Waals surface area contributed by atoms with E-state index in [9.17, 15) is 4.79 Å². The molecular weight excluding hydrogens is 248 g/mol. The molecule has 6 heteroatoms. The Morgan fingerprint density at radius 2 is 2.28 bits per heavy atom. The quantitative estimate of drug-likeness (QED) is 0.854. The first-order valence-electron chi connectivity index (χ1n) is 6.23. The number of hydrogen-bond acceptors (Lipinski definition) is 5. The molecule has 0 unspecified atom stereocenters. The number of nitrogens with zero attached hydrogens (tertiary/aromatic N) is 3. The number of nitrogens with one attached hydrogen (secondary N) is 1. The molecule has 1 amide bonds. The number of carbonyl (C=O) groups is 1. The van der Waals surface area contributed by atoms with Crippen molar-refractivity contribution < 1.29 is 4.79 Å². The third-order valence-electron chi connectivity index (χ3n) is 2.97. The van der Waals surface area contributed by atoms with Crippen molar-refractivity contribution in [3.05, 3.63) is 16.1 Å². The molecule has 1 N–H and O–H groups in total. The second-order valence-corrected chi connectivity index (χ2v) is 5.72. The molecule has 0 bridgehead atoms. The van der Waals surface area contributed by atoms with Crippen molar-refractivity contribution in [2.45, 2.75) is 13.5 Å². The van der Waals surface area contributed by atoms with E-state index in [0.717, 1.165) is 43.4 Å². The average Bonchev–Trinajstić information content (AvgIpc) is 2.75. The Kier molecular flexibility index (Phi) is 4.68. The molecule has 0 radical (unpaired) electrons. The Morgan fingerprint density at radius 3 is 2.89 bits per heavy atom. The van der Waals surface area contributed by atoms with E-state index < -0.39 is 0 Å². The minimum atomic E-state index is 0.214. The fourth-order valence-corrected chi connectivity index (χ4v) is 2.66. The van der Waals surface area contributed by atoms with Gasteiger partial charge in [-0.05, 0) is 14.0 Å². The van der Waals surface area contributed by atoms with Gasteiger partial charge in [0, 0.05) is 38.1 Å². The number of aromatic nitrogens is 1. The first kappa shape index (κ1) is 13.5. The van der Waals surface area contributed by atoms with Crippen LogP contribution in [0.1, 0.15) is 10.7 Å². The van der Waals surface area contributed by atoms with Gasteiger partial charge in [-0.3, -0.25) is 9.69 Å². The van der Waals surface area contributed by atoms with Crippen LogP contribution in [-0.2, 0) is 11.3 Å². The van der Waals surface area contributed by atoms with Crippen molar-refractivity contribution in [2.24, 2.45) is 0 Å². The summed E-state index contributed by atoms with van der Waals surface area (Å²) in [4.78, 5) is 20.4. The average molecular weight is 268 g/mol. The molecule has 2 rings (SSSR count). The lowest BCUT2D eigenvalue weighted by molar-refractivity contribution is -0.132. The van der Waals surface area contributed by atoms with E-state index in [0.29, 0.717) is 6.54 Å². The summed E-state index contributed by atoms with van der Waals surface area (Å²) in [6.45, 7) is 6.66. The van der Waals surface area contributed by atoms with Gasteiger partial charge in [-0.2, -0.15) is 0 Å². The zero-order valence-electron chi connectivity index (χ0n) is 11.0. The Balaban J connectivity index is 1.79. The molecule has 5 nitrogen and oxygen atoms in total. The number of hydrogen-bond donors (Lipinski definition) is 1. The maximum atomic E-state index is 12.0. The van der Waals surface area contributed by atoms with Gasteiger partial charge in [-0.1, -0.05) is 0 Å². The lowest BCUT2D eigenvalue weighted by Gasteiger charge is -2.29. The third kappa shape index (κ3) is 3.76. The molecular formula is C12H20N4OS.